The van der Waals surface area contributed by atoms with Crippen molar-refractivity contribution >= 4 is 18.5 Å². The van der Waals surface area contributed by atoms with Gasteiger partial charge in [0.15, 0.2) is 0 Å². The first-order valence-corrected chi connectivity index (χ1v) is 4.27. The number of likely N-dealkylation sites (N-methyl/N-ethyl adjacent to an activating group) is 1. The summed E-state index contributed by atoms with van der Waals surface area (Å²) >= 11 is 0. The first-order valence-electron chi connectivity index (χ1n) is 5.55. The van der Waals surface area contributed by atoms with Crippen molar-refractivity contribution < 1.29 is 12.3 Å². The first kappa shape index (κ1) is 11.6. The zero-order valence-electron chi connectivity index (χ0n) is 10.9. The topological polar surface area (TPSA) is 50.4 Å². The molecule has 0 bridgehead atoms. The summed E-state index contributed by atoms with van der Waals surface area (Å²) in [5.41, 5.74) is -0.489. The van der Waals surface area contributed by atoms with E-state index in [-0.39, 0.29) is 19.3 Å². The van der Waals surface area contributed by atoms with E-state index in [9.17, 15) is 4.79 Å². The van der Waals surface area contributed by atoms with Gasteiger partial charge in [-0.2, -0.15) is 0 Å². The van der Waals surface area contributed by atoms with E-state index in [0.29, 0.717) is 13.1 Å². The van der Waals surface area contributed by atoms with Crippen molar-refractivity contribution in [1.29, 1.82) is 0 Å². The summed E-state index contributed by atoms with van der Waals surface area (Å²) in [6.45, 7) is 5.66. The van der Waals surface area contributed by atoms with Crippen LogP contribution in [0.15, 0.2) is 0 Å². The van der Waals surface area contributed by atoms with Crippen LogP contribution in [-0.4, -0.2) is 31.3 Å². The third kappa shape index (κ3) is 11.5. The summed E-state index contributed by atoms with van der Waals surface area (Å²) in [6.07, 6.45) is -0.461. The van der Waals surface area contributed by atoms with E-state index in [1.165, 1.54) is 0 Å². The summed E-state index contributed by atoms with van der Waals surface area (Å²) in [7, 11) is 0. The summed E-state index contributed by atoms with van der Waals surface area (Å²) in [4.78, 5) is 11.1. The Hall–Kier alpha value is -0.480. The van der Waals surface area contributed by atoms with Gasteiger partial charge in [0, 0.05) is 15.8 Å². The third-order valence-corrected chi connectivity index (χ3v) is 1.08. The molecule has 86 valence electrons. The summed E-state index contributed by atoms with van der Waals surface area (Å²) in [5, 5.41) is 5.31. The number of amides is 1. The Labute approximate surface area is 95.0 Å². The largest absolute Gasteiger partial charge is 0.444 e. The lowest BCUT2D eigenvalue weighted by Crippen LogP contribution is -2.36. The second-order valence-corrected chi connectivity index (χ2v) is 3.59. The summed E-state index contributed by atoms with van der Waals surface area (Å²) < 4.78 is 19.1. The van der Waals surface area contributed by atoms with Crippen molar-refractivity contribution in [2.45, 2.75) is 33.3 Å². The van der Waals surface area contributed by atoms with Crippen LogP contribution >= 0.6 is 12.4 Å². The van der Waals surface area contributed by atoms with E-state index >= 15 is 0 Å². The Morgan fingerprint density at radius 2 is 2.14 bits per heavy atom. The molecule has 0 aromatic carbocycles. The molecule has 0 rings (SSSR count). The summed E-state index contributed by atoms with van der Waals surface area (Å²) in [6, 6.07) is 0. The van der Waals surface area contributed by atoms with E-state index in [2.05, 4.69) is 10.6 Å². The molecule has 2 N–H and O–H groups in total. The number of nitrogens with one attached hydrogen (secondary N) is 2. The maximum Gasteiger partial charge on any atom is 0.407 e. The van der Waals surface area contributed by atoms with E-state index in [1.54, 1.807) is 20.8 Å². The maximum atomic E-state index is 11.1. The number of ether oxygens (including phenoxy) is 1. The highest BCUT2D eigenvalue weighted by atomic mass is 35.5. The molecule has 0 aromatic heterocycles. The van der Waals surface area contributed by atoms with Crippen LogP contribution in [0.3, 0.4) is 0 Å². The minimum Gasteiger partial charge on any atom is -0.444 e. The molecule has 0 heterocycles. The standard InChI is InChI=1S/C9H20N2O2.ClH/c1-5-10-6-7-11-8(12)13-9(2,3)4;/h10H,5-7H2,1-4H3,(H,11,12);1H/i1D,5D;. The van der Waals surface area contributed by atoms with Gasteiger partial charge in [0.05, 0.1) is 0 Å². The van der Waals surface area contributed by atoms with Gasteiger partial charge in [-0.3, -0.25) is 0 Å². The van der Waals surface area contributed by atoms with E-state index in [0.717, 1.165) is 0 Å². The van der Waals surface area contributed by atoms with E-state index in [4.69, 9.17) is 7.48 Å². The fourth-order valence-corrected chi connectivity index (χ4v) is 0.653. The van der Waals surface area contributed by atoms with Crippen LogP contribution in [-0.2, 0) is 4.74 Å². The smallest absolute Gasteiger partial charge is 0.407 e. The van der Waals surface area contributed by atoms with E-state index in [1.807, 2.05) is 0 Å². The SMILES string of the molecule is Cl.[2H]CC([2H])NCCNC(=O)OC(C)(C)C. The molecule has 0 aromatic rings. The molecule has 4 nitrogen and oxygen atoms in total. The summed E-state index contributed by atoms with van der Waals surface area (Å²) in [5.74, 6) is 0. The van der Waals surface area contributed by atoms with Gasteiger partial charge in [-0.05, 0) is 27.3 Å². The predicted octanol–water partition coefficient (Wildman–Crippen LogP) is 1.54. The second kappa shape index (κ2) is 7.88. The van der Waals surface area contributed by atoms with E-state index < -0.39 is 18.2 Å². The molecule has 14 heavy (non-hydrogen) atoms. The Morgan fingerprint density at radius 3 is 2.64 bits per heavy atom. The molecule has 0 aliphatic rings. The molecule has 1 unspecified atom stereocenters. The molecule has 0 radical (unpaired) electrons. The molecule has 0 fully saturated rings. The lowest BCUT2D eigenvalue weighted by Gasteiger charge is -2.19. The second-order valence-electron chi connectivity index (χ2n) is 3.59. The number of carbonyl (C=O) groups is 1. The van der Waals surface area contributed by atoms with Crippen LogP contribution in [0.1, 0.15) is 30.4 Å². The van der Waals surface area contributed by atoms with Gasteiger partial charge in [-0.25, -0.2) is 4.79 Å². The lowest BCUT2D eigenvalue weighted by molar-refractivity contribution is 0.0528. The molecule has 0 aliphatic heterocycles. The van der Waals surface area contributed by atoms with Gasteiger partial charge in [0.25, 0.3) is 0 Å². The van der Waals surface area contributed by atoms with Gasteiger partial charge in [0.2, 0.25) is 0 Å². The lowest BCUT2D eigenvalue weighted by atomic mass is 10.2. The molecule has 1 atom stereocenters. The Bertz CT molecular complexity index is 200. The quantitative estimate of drug-likeness (QED) is 0.716. The van der Waals surface area contributed by atoms with Crippen LogP contribution in [0.4, 0.5) is 4.79 Å². The van der Waals surface area contributed by atoms with Gasteiger partial charge in [-0.1, -0.05) is 6.90 Å². The molecular formula is C9H21ClN2O2. The fraction of sp³-hybridized carbons (Fsp3) is 0.889. The van der Waals surface area contributed by atoms with Crippen molar-refractivity contribution in [1.82, 2.24) is 10.6 Å². The minimum absolute atomic E-state index is 0. The Morgan fingerprint density at radius 1 is 1.50 bits per heavy atom. The van der Waals surface area contributed by atoms with Crippen molar-refractivity contribution in [3.63, 3.8) is 0 Å². The maximum absolute atomic E-state index is 11.1. The van der Waals surface area contributed by atoms with Crippen LogP contribution < -0.4 is 10.6 Å². The highest BCUT2D eigenvalue weighted by Crippen LogP contribution is 2.05. The van der Waals surface area contributed by atoms with Gasteiger partial charge in [-0.15, -0.1) is 12.4 Å². The molecule has 1 amide bonds. The predicted molar refractivity (Wildman–Crippen MR) is 60.0 cm³/mol. The van der Waals surface area contributed by atoms with Crippen molar-refractivity contribution in [3.05, 3.63) is 0 Å². The first-order chi connectivity index (χ1) is 6.85. The normalized spacial score (nSPS) is 14.5. The molecular weight excluding hydrogens is 204 g/mol. The van der Waals surface area contributed by atoms with Gasteiger partial charge < -0.3 is 15.4 Å². The average molecular weight is 227 g/mol. The highest BCUT2D eigenvalue weighted by Gasteiger charge is 2.15. The van der Waals surface area contributed by atoms with Crippen LogP contribution in [0, 0.1) is 0 Å². The zero-order valence-corrected chi connectivity index (χ0v) is 9.74. The fourth-order valence-electron chi connectivity index (χ4n) is 0.653. The number of halogens is 1. The van der Waals surface area contributed by atoms with Crippen LogP contribution in [0.2, 0.25) is 0 Å². The zero-order chi connectivity index (χ0) is 11.9. The Balaban J connectivity index is 0. The number of alkyl carbamates (subject to hydrolysis) is 1. The van der Waals surface area contributed by atoms with Gasteiger partial charge in [0.1, 0.15) is 5.60 Å². The van der Waals surface area contributed by atoms with Crippen molar-refractivity contribution in [2.75, 3.05) is 19.6 Å². The Kier molecular flexibility index (Phi) is 6.53. The minimum atomic E-state index is -0.592. The number of hydrogen-bond donors (Lipinski definition) is 2. The molecule has 5 heteroatoms. The van der Waals surface area contributed by atoms with Crippen LogP contribution in [0.25, 0.3) is 0 Å². The third-order valence-electron chi connectivity index (χ3n) is 1.08. The van der Waals surface area contributed by atoms with Gasteiger partial charge >= 0.3 is 6.09 Å². The number of hydrogen-bond acceptors (Lipinski definition) is 3. The molecule has 0 saturated carbocycles. The monoisotopic (exact) mass is 226 g/mol. The molecule has 0 saturated heterocycles. The van der Waals surface area contributed by atoms with Crippen molar-refractivity contribution in [2.24, 2.45) is 0 Å². The van der Waals surface area contributed by atoms with Crippen molar-refractivity contribution in [3.8, 4) is 0 Å². The number of rotatable bonds is 4. The van der Waals surface area contributed by atoms with Crippen LogP contribution in [0.5, 0.6) is 0 Å². The highest BCUT2D eigenvalue weighted by molar-refractivity contribution is 5.85. The number of carbonyl (C=O) groups excluding carboxylic acids is 1. The average Bonchev–Trinajstić information content (AvgIpc) is 2.09. The molecule has 0 spiro atoms. The molecule has 0 aliphatic carbocycles.